The molecule has 1 nitrogen and oxygen atoms in total. The molecule has 2 aromatic rings. The van der Waals surface area contributed by atoms with E-state index >= 15 is 0 Å². The van der Waals surface area contributed by atoms with E-state index in [-0.39, 0.29) is 11.6 Å². The van der Waals surface area contributed by atoms with Gasteiger partial charge in [-0.25, -0.2) is 8.78 Å². The number of rotatable bonds is 3. The second-order valence-corrected chi connectivity index (χ2v) is 4.92. The average molecular weight is 312 g/mol. The van der Waals surface area contributed by atoms with Crippen LogP contribution in [0.5, 0.6) is 0 Å². The third-order valence-corrected chi connectivity index (χ3v) is 3.28. The Kier molecular flexibility index (Phi) is 3.97. The molecule has 0 aliphatic rings. The molecule has 0 radical (unpaired) electrons. The summed E-state index contributed by atoms with van der Waals surface area (Å²) in [6.07, 6.45) is 0. The van der Waals surface area contributed by atoms with E-state index in [0.717, 1.165) is 5.56 Å². The summed E-state index contributed by atoms with van der Waals surface area (Å²) in [4.78, 5) is 0. The van der Waals surface area contributed by atoms with Gasteiger partial charge in [0, 0.05) is 12.2 Å². The van der Waals surface area contributed by atoms with E-state index in [1.165, 1.54) is 12.1 Å². The molecular weight excluding hydrogens is 300 g/mol. The standard InChI is InChI=1S/C14H12BrF2N/c1-9-6-10(2-5-13(9)16)8-18-11-3-4-12(15)14(17)7-11/h2-7,18H,8H2,1H3. The van der Waals surface area contributed by atoms with Gasteiger partial charge in [-0.1, -0.05) is 12.1 Å². The molecule has 0 amide bonds. The van der Waals surface area contributed by atoms with Crippen molar-refractivity contribution in [3.05, 3.63) is 63.6 Å². The SMILES string of the molecule is Cc1cc(CNc2ccc(Br)c(F)c2)ccc1F. The molecule has 4 heteroatoms. The third-order valence-electron chi connectivity index (χ3n) is 2.64. The van der Waals surface area contributed by atoms with Gasteiger partial charge in [0.25, 0.3) is 0 Å². The third kappa shape index (κ3) is 3.07. The molecule has 0 aliphatic carbocycles. The fraction of sp³-hybridized carbons (Fsp3) is 0.143. The van der Waals surface area contributed by atoms with Crippen LogP contribution >= 0.6 is 15.9 Å². The van der Waals surface area contributed by atoms with Crippen LogP contribution in [0.3, 0.4) is 0 Å². The van der Waals surface area contributed by atoms with E-state index in [1.54, 1.807) is 31.2 Å². The molecule has 0 spiro atoms. The fourth-order valence-corrected chi connectivity index (χ4v) is 1.87. The number of aryl methyl sites for hydroxylation is 1. The summed E-state index contributed by atoms with van der Waals surface area (Å²) in [6, 6.07) is 9.77. The summed E-state index contributed by atoms with van der Waals surface area (Å²) >= 11 is 3.10. The van der Waals surface area contributed by atoms with Gasteiger partial charge in [0.05, 0.1) is 4.47 Å². The predicted molar refractivity (Wildman–Crippen MR) is 72.6 cm³/mol. The Labute approximate surface area is 113 Å². The highest BCUT2D eigenvalue weighted by molar-refractivity contribution is 9.10. The van der Waals surface area contributed by atoms with Gasteiger partial charge in [0.1, 0.15) is 11.6 Å². The van der Waals surface area contributed by atoms with E-state index in [4.69, 9.17) is 0 Å². The minimum atomic E-state index is -0.310. The zero-order chi connectivity index (χ0) is 13.1. The summed E-state index contributed by atoms with van der Waals surface area (Å²) in [6.45, 7) is 2.25. The zero-order valence-electron chi connectivity index (χ0n) is 9.81. The molecule has 2 aromatic carbocycles. The number of halogens is 3. The van der Waals surface area contributed by atoms with Crippen LogP contribution in [0, 0.1) is 18.6 Å². The van der Waals surface area contributed by atoms with E-state index in [0.29, 0.717) is 22.3 Å². The summed E-state index contributed by atoms with van der Waals surface area (Å²) in [7, 11) is 0. The first-order valence-corrected chi connectivity index (χ1v) is 6.29. The summed E-state index contributed by atoms with van der Waals surface area (Å²) in [5.41, 5.74) is 2.26. The Bertz CT molecular complexity index is 518. The van der Waals surface area contributed by atoms with Crippen molar-refractivity contribution in [3.8, 4) is 0 Å². The van der Waals surface area contributed by atoms with Crippen molar-refractivity contribution in [1.82, 2.24) is 0 Å². The molecule has 0 saturated carbocycles. The van der Waals surface area contributed by atoms with Gasteiger partial charge in [-0.05, 0) is 58.2 Å². The molecular formula is C14H12BrF2N. The molecule has 94 valence electrons. The highest BCUT2D eigenvalue weighted by Crippen LogP contribution is 2.20. The Morgan fingerprint density at radius 3 is 2.50 bits per heavy atom. The second kappa shape index (κ2) is 5.48. The van der Waals surface area contributed by atoms with Gasteiger partial charge in [-0.3, -0.25) is 0 Å². The van der Waals surface area contributed by atoms with Crippen LogP contribution in [0.1, 0.15) is 11.1 Å². The molecule has 18 heavy (non-hydrogen) atoms. The molecule has 0 fully saturated rings. The smallest absolute Gasteiger partial charge is 0.139 e. The maximum absolute atomic E-state index is 13.3. The number of hydrogen-bond acceptors (Lipinski definition) is 1. The van der Waals surface area contributed by atoms with Gasteiger partial charge in [0.2, 0.25) is 0 Å². The monoisotopic (exact) mass is 311 g/mol. The van der Waals surface area contributed by atoms with E-state index in [1.807, 2.05) is 0 Å². The Morgan fingerprint density at radius 2 is 1.83 bits per heavy atom. The molecule has 0 heterocycles. The van der Waals surface area contributed by atoms with E-state index in [9.17, 15) is 8.78 Å². The van der Waals surface area contributed by atoms with Crippen molar-refractivity contribution in [2.24, 2.45) is 0 Å². The van der Waals surface area contributed by atoms with Crippen molar-refractivity contribution in [2.75, 3.05) is 5.32 Å². The molecule has 0 aromatic heterocycles. The van der Waals surface area contributed by atoms with Crippen molar-refractivity contribution in [1.29, 1.82) is 0 Å². The maximum Gasteiger partial charge on any atom is 0.139 e. The predicted octanol–water partition coefficient (Wildman–Crippen LogP) is 4.65. The fourth-order valence-electron chi connectivity index (χ4n) is 1.63. The van der Waals surface area contributed by atoms with Crippen molar-refractivity contribution >= 4 is 21.6 Å². The van der Waals surface area contributed by atoms with E-state index in [2.05, 4.69) is 21.2 Å². The highest BCUT2D eigenvalue weighted by Gasteiger charge is 2.02. The number of benzene rings is 2. The summed E-state index contributed by atoms with van der Waals surface area (Å²) < 4.78 is 26.8. The minimum Gasteiger partial charge on any atom is -0.381 e. The second-order valence-electron chi connectivity index (χ2n) is 4.07. The molecule has 0 aliphatic heterocycles. The van der Waals surface area contributed by atoms with Gasteiger partial charge < -0.3 is 5.32 Å². The molecule has 1 N–H and O–H groups in total. The van der Waals surface area contributed by atoms with Crippen LogP contribution in [0.2, 0.25) is 0 Å². The quantitative estimate of drug-likeness (QED) is 0.870. The Morgan fingerprint density at radius 1 is 1.06 bits per heavy atom. The Balaban J connectivity index is 2.06. The van der Waals surface area contributed by atoms with Crippen molar-refractivity contribution < 1.29 is 8.78 Å². The summed E-state index contributed by atoms with van der Waals surface area (Å²) in [5, 5.41) is 3.09. The lowest BCUT2D eigenvalue weighted by molar-refractivity contribution is 0.617. The number of hydrogen-bond donors (Lipinski definition) is 1. The molecule has 0 saturated heterocycles. The maximum atomic E-state index is 13.3. The van der Waals surface area contributed by atoms with Crippen LogP contribution in [-0.4, -0.2) is 0 Å². The average Bonchev–Trinajstić information content (AvgIpc) is 2.35. The van der Waals surface area contributed by atoms with Gasteiger partial charge in [-0.15, -0.1) is 0 Å². The lowest BCUT2D eigenvalue weighted by Crippen LogP contribution is -2.00. The minimum absolute atomic E-state index is 0.214. The van der Waals surface area contributed by atoms with Crippen LogP contribution in [-0.2, 0) is 6.54 Å². The molecule has 0 atom stereocenters. The van der Waals surface area contributed by atoms with Crippen LogP contribution in [0.25, 0.3) is 0 Å². The van der Waals surface area contributed by atoms with Crippen LogP contribution in [0.4, 0.5) is 14.5 Å². The lowest BCUT2D eigenvalue weighted by atomic mass is 10.1. The topological polar surface area (TPSA) is 12.0 Å². The van der Waals surface area contributed by atoms with Crippen molar-refractivity contribution in [3.63, 3.8) is 0 Å². The first-order valence-electron chi connectivity index (χ1n) is 5.50. The Hall–Kier alpha value is -1.42. The van der Waals surface area contributed by atoms with Crippen LogP contribution < -0.4 is 5.32 Å². The first kappa shape index (κ1) is 13.0. The normalized spacial score (nSPS) is 10.4. The number of nitrogens with one attached hydrogen (secondary N) is 1. The largest absolute Gasteiger partial charge is 0.381 e. The zero-order valence-corrected chi connectivity index (χ0v) is 11.4. The highest BCUT2D eigenvalue weighted by atomic mass is 79.9. The van der Waals surface area contributed by atoms with Gasteiger partial charge >= 0.3 is 0 Å². The molecule has 2 rings (SSSR count). The lowest BCUT2D eigenvalue weighted by Gasteiger charge is -2.08. The molecule has 0 unspecified atom stereocenters. The van der Waals surface area contributed by atoms with Crippen LogP contribution in [0.15, 0.2) is 40.9 Å². The number of anilines is 1. The van der Waals surface area contributed by atoms with Gasteiger partial charge in [-0.2, -0.15) is 0 Å². The van der Waals surface area contributed by atoms with Gasteiger partial charge in [0.15, 0.2) is 0 Å². The molecule has 0 bridgehead atoms. The summed E-state index contributed by atoms with van der Waals surface area (Å²) in [5.74, 6) is -0.524. The first-order chi connectivity index (χ1) is 8.56. The van der Waals surface area contributed by atoms with E-state index < -0.39 is 0 Å². The van der Waals surface area contributed by atoms with Crippen molar-refractivity contribution in [2.45, 2.75) is 13.5 Å².